The van der Waals surface area contributed by atoms with Gasteiger partial charge in [0.2, 0.25) is 0 Å². The maximum atomic E-state index is 6.04. The summed E-state index contributed by atoms with van der Waals surface area (Å²) in [6, 6.07) is 10.5. The lowest BCUT2D eigenvalue weighted by molar-refractivity contribution is 0.516. The number of rotatable bonds is 6. The van der Waals surface area contributed by atoms with Gasteiger partial charge in [-0.3, -0.25) is 4.68 Å². The first-order valence-corrected chi connectivity index (χ1v) is 7.04. The molecular weight excluding hydrogens is 258 g/mol. The predicted molar refractivity (Wildman–Crippen MR) is 79.4 cm³/mol. The van der Waals surface area contributed by atoms with E-state index in [2.05, 4.69) is 29.5 Å². The molecule has 1 N–H and O–H groups in total. The summed E-state index contributed by atoms with van der Waals surface area (Å²) in [5, 5.41) is 8.55. The van der Waals surface area contributed by atoms with Gasteiger partial charge in [-0.2, -0.15) is 5.10 Å². The average Bonchev–Trinajstić information content (AvgIpc) is 2.80. The van der Waals surface area contributed by atoms with Gasteiger partial charge in [0.15, 0.2) is 0 Å². The number of hydrogen-bond donors (Lipinski definition) is 1. The van der Waals surface area contributed by atoms with Crippen molar-refractivity contribution in [1.82, 2.24) is 15.1 Å². The van der Waals surface area contributed by atoms with Gasteiger partial charge < -0.3 is 5.32 Å². The Kier molecular flexibility index (Phi) is 5.00. The molecule has 2 rings (SSSR count). The number of aromatic nitrogens is 2. The van der Waals surface area contributed by atoms with E-state index < -0.39 is 0 Å². The predicted octanol–water partition coefficient (Wildman–Crippen LogP) is 3.36. The highest BCUT2D eigenvalue weighted by Crippen LogP contribution is 2.20. The van der Waals surface area contributed by atoms with Gasteiger partial charge in [0, 0.05) is 43.0 Å². The Bertz CT molecular complexity index is 522. The molecule has 3 nitrogen and oxygen atoms in total. The molecule has 1 aromatic heterocycles. The van der Waals surface area contributed by atoms with Crippen LogP contribution < -0.4 is 5.32 Å². The molecule has 19 heavy (non-hydrogen) atoms. The van der Waals surface area contributed by atoms with E-state index in [1.165, 1.54) is 11.3 Å². The van der Waals surface area contributed by atoms with Gasteiger partial charge in [0.25, 0.3) is 0 Å². The highest BCUT2D eigenvalue weighted by molar-refractivity contribution is 6.30. The summed E-state index contributed by atoms with van der Waals surface area (Å²) in [7, 11) is 1.98. The summed E-state index contributed by atoms with van der Waals surface area (Å²) >= 11 is 6.04. The van der Waals surface area contributed by atoms with Gasteiger partial charge >= 0.3 is 0 Å². The SMILES string of the molecule is CCC(NCCc1ccnn1C)c1cccc(Cl)c1. The molecular formula is C15H20ClN3. The first-order chi connectivity index (χ1) is 9.20. The van der Waals surface area contributed by atoms with E-state index in [0.29, 0.717) is 6.04 Å². The summed E-state index contributed by atoms with van der Waals surface area (Å²) in [6.07, 6.45) is 3.86. The van der Waals surface area contributed by atoms with Crippen molar-refractivity contribution in [3.8, 4) is 0 Å². The molecule has 2 aromatic rings. The third-order valence-electron chi connectivity index (χ3n) is 3.35. The minimum atomic E-state index is 0.354. The smallest absolute Gasteiger partial charge is 0.0492 e. The highest BCUT2D eigenvalue weighted by atomic mass is 35.5. The summed E-state index contributed by atoms with van der Waals surface area (Å²) < 4.78 is 1.92. The normalized spacial score (nSPS) is 12.6. The van der Waals surface area contributed by atoms with Crippen molar-refractivity contribution in [3.05, 3.63) is 52.8 Å². The van der Waals surface area contributed by atoms with Gasteiger partial charge in [0.1, 0.15) is 0 Å². The largest absolute Gasteiger partial charge is 0.310 e. The fraction of sp³-hybridized carbons (Fsp3) is 0.400. The molecule has 0 aliphatic heterocycles. The summed E-state index contributed by atoms with van der Waals surface area (Å²) in [5.74, 6) is 0. The maximum absolute atomic E-state index is 6.04. The molecule has 0 aliphatic rings. The Balaban J connectivity index is 1.91. The summed E-state index contributed by atoms with van der Waals surface area (Å²) in [4.78, 5) is 0. The Labute approximate surface area is 119 Å². The van der Waals surface area contributed by atoms with Crippen LogP contribution in [0.3, 0.4) is 0 Å². The van der Waals surface area contributed by atoms with Crippen molar-refractivity contribution in [1.29, 1.82) is 0 Å². The second-order valence-electron chi connectivity index (χ2n) is 4.67. The van der Waals surface area contributed by atoms with E-state index in [4.69, 9.17) is 11.6 Å². The fourth-order valence-electron chi connectivity index (χ4n) is 2.24. The van der Waals surface area contributed by atoms with Crippen molar-refractivity contribution >= 4 is 11.6 Å². The molecule has 0 radical (unpaired) electrons. The standard InChI is InChI=1S/C15H20ClN3/c1-3-15(12-5-4-6-13(16)11-12)17-9-7-14-8-10-18-19(14)2/h4-6,8,10-11,15,17H,3,7,9H2,1-2H3. The second-order valence-corrected chi connectivity index (χ2v) is 5.10. The monoisotopic (exact) mass is 277 g/mol. The van der Waals surface area contributed by atoms with Crippen LogP contribution in [0.25, 0.3) is 0 Å². The molecule has 0 amide bonds. The summed E-state index contributed by atoms with van der Waals surface area (Å²) in [6.45, 7) is 3.12. The Morgan fingerprint density at radius 3 is 2.84 bits per heavy atom. The fourth-order valence-corrected chi connectivity index (χ4v) is 2.44. The zero-order valence-corrected chi connectivity index (χ0v) is 12.2. The zero-order valence-electron chi connectivity index (χ0n) is 11.4. The van der Waals surface area contributed by atoms with E-state index in [0.717, 1.165) is 24.4 Å². The van der Waals surface area contributed by atoms with Crippen molar-refractivity contribution in [2.24, 2.45) is 7.05 Å². The molecule has 0 spiro atoms. The lowest BCUT2D eigenvalue weighted by Gasteiger charge is -2.17. The van der Waals surface area contributed by atoms with Crippen LogP contribution in [-0.2, 0) is 13.5 Å². The van der Waals surface area contributed by atoms with E-state index >= 15 is 0 Å². The number of nitrogens with zero attached hydrogens (tertiary/aromatic N) is 2. The molecule has 4 heteroatoms. The van der Waals surface area contributed by atoms with Gasteiger partial charge in [-0.15, -0.1) is 0 Å². The van der Waals surface area contributed by atoms with Crippen LogP contribution in [-0.4, -0.2) is 16.3 Å². The van der Waals surface area contributed by atoms with Crippen molar-refractivity contribution in [2.75, 3.05) is 6.54 Å². The molecule has 102 valence electrons. The van der Waals surface area contributed by atoms with E-state index in [-0.39, 0.29) is 0 Å². The van der Waals surface area contributed by atoms with Crippen LogP contribution in [0.2, 0.25) is 5.02 Å². The van der Waals surface area contributed by atoms with Crippen LogP contribution in [0.15, 0.2) is 36.5 Å². The maximum Gasteiger partial charge on any atom is 0.0492 e. The molecule has 1 heterocycles. The van der Waals surface area contributed by atoms with Crippen LogP contribution >= 0.6 is 11.6 Å². The first-order valence-electron chi connectivity index (χ1n) is 6.66. The molecule has 0 fully saturated rings. The molecule has 0 saturated heterocycles. The van der Waals surface area contributed by atoms with E-state index in [1.807, 2.05) is 36.1 Å². The quantitative estimate of drug-likeness (QED) is 0.877. The van der Waals surface area contributed by atoms with Crippen LogP contribution in [0.1, 0.15) is 30.6 Å². The van der Waals surface area contributed by atoms with E-state index in [1.54, 1.807) is 0 Å². The minimum absolute atomic E-state index is 0.354. The van der Waals surface area contributed by atoms with Crippen LogP contribution in [0.5, 0.6) is 0 Å². The number of aryl methyl sites for hydroxylation is 1. The van der Waals surface area contributed by atoms with Gasteiger partial charge in [-0.05, 0) is 30.2 Å². The lowest BCUT2D eigenvalue weighted by atomic mass is 10.0. The average molecular weight is 278 g/mol. The topological polar surface area (TPSA) is 29.9 Å². The Morgan fingerprint density at radius 1 is 1.37 bits per heavy atom. The lowest BCUT2D eigenvalue weighted by Crippen LogP contribution is -2.23. The molecule has 0 aliphatic carbocycles. The number of hydrogen-bond acceptors (Lipinski definition) is 2. The van der Waals surface area contributed by atoms with Crippen LogP contribution in [0, 0.1) is 0 Å². The zero-order chi connectivity index (χ0) is 13.7. The second kappa shape index (κ2) is 6.73. The van der Waals surface area contributed by atoms with Crippen molar-refractivity contribution < 1.29 is 0 Å². The first kappa shape index (κ1) is 14.1. The number of halogens is 1. The van der Waals surface area contributed by atoms with E-state index in [9.17, 15) is 0 Å². The Morgan fingerprint density at radius 2 is 2.21 bits per heavy atom. The minimum Gasteiger partial charge on any atom is -0.310 e. The molecule has 1 atom stereocenters. The third-order valence-corrected chi connectivity index (χ3v) is 3.59. The van der Waals surface area contributed by atoms with Crippen molar-refractivity contribution in [3.63, 3.8) is 0 Å². The van der Waals surface area contributed by atoms with Gasteiger partial charge in [-0.1, -0.05) is 30.7 Å². The Hall–Kier alpha value is -1.32. The van der Waals surface area contributed by atoms with Crippen molar-refractivity contribution in [2.45, 2.75) is 25.8 Å². The number of nitrogens with one attached hydrogen (secondary N) is 1. The molecule has 1 aromatic carbocycles. The van der Waals surface area contributed by atoms with Gasteiger partial charge in [0.05, 0.1) is 0 Å². The highest BCUT2D eigenvalue weighted by Gasteiger charge is 2.09. The summed E-state index contributed by atoms with van der Waals surface area (Å²) in [5.41, 5.74) is 2.49. The molecule has 1 unspecified atom stereocenters. The molecule has 0 bridgehead atoms. The van der Waals surface area contributed by atoms with Gasteiger partial charge in [-0.25, -0.2) is 0 Å². The number of benzene rings is 1. The van der Waals surface area contributed by atoms with Crippen LogP contribution in [0.4, 0.5) is 0 Å². The third kappa shape index (κ3) is 3.82. The molecule has 0 saturated carbocycles.